The molecule has 4 saturated heterocycles. The van der Waals surface area contributed by atoms with Gasteiger partial charge in [-0.15, -0.1) is 0 Å². The van der Waals surface area contributed by atoms with Crippen LogP contribution < -0.4 is 0 Å². The lowest BCUT2D eigenvalue weighted by molar-refractivity contribution is -0.156. The highest BCUT2D eigenvalue weighted by Gasteiger charge is 2.66. The van der Waals surface area contributed by atoms with Gasteiger partial charge >= 0.3 is 47.8 Å². The molecule has 12 heteroatoms. The third-order valence-electron chi connectivity index (χ3n) is 14.6. The van der Waals surface area contributed by atoms with Crippen molar-refractivity contribution in [2.24, 2.45) is 81.8 Å². The highest BCUT2D eigenvalue weighted by Crippen LogP contribution is 2.63. The fourth-order valence-corrected chi connectivity index (χ4v) is 10.9. The van der Waals surface area contributed by atoms with Crippen LogP contribution in [-0.2, 0) is 57.3 Å². The molecule has 304 valence electrons. The van der Waals surface area contributed by atoms with Gasteiger partial charge in [-0.2, -0.15) is 0 Å². The molecule has 10 rings (SSSR count). The smallest absolute Gasteiger partial charge is 0.318 e. The van der Waals surface area contributed by atoms with Gasteiger partial charge in [-0.1, -0.05) is 78.2 Å². The van der Waals surface area contributed by atoms with Crippen molar-refractivity contribution in [3.05, 3.63) is 23.8 Å². The summed E-state index contributed by atoms with van der Waals surface area (Å²) in [7, 11) is 0. The average molecular weight is 769 g/mol. The number of hydrogen-bond donors (Lipinski definition) is 0. The number of ether oxygens (including phenoxy) is 4. The molecular weight excluding hydrogens is 708 g/mol. The zero-order chi connectivity index (χ0) is 40.1. The number of esters is 8. The summed E-state index contributed by atoms with van der Waals surface area (Å²) in [5.74, 6) is -2.64. The molecule has 13 atom stereocenters. The molecular formula is C43H60O12. The fraction of sp³-hybridized carbons (Fsp3) is 0.721. The first-order valence-electron chi connectivity index (χ1n) is 20.3. The Morgan fingerprint density at radius 2 is 1.16 bits per heavy atom. The molecule has 6 aliphatic carbocycles. The Balaban J connectivity index is 0.000000169. The summed E-state index contributed by atoms with van der Waals surface area (Å²) in [5, 5.41) is 0. The Labute approximate surface area is 325 Å². The summed E-state index contributed by atoms with van der Waals surface area (Å²) in [6.45, 7) is 14.5. The highest BCUT2D eigenvalue weighted by atomic mass is 16.6. The van der Waals surface area contributed by atoms with Gasteiger partial charge < -0.3 is 18.9 Å². The van der Waals surface area contributed by atoms with E-state index in [4.69, 9.17) is 9.47 Å². The first kappa shape index (κ1) is 40.7. The number of rotatable bonds is 2. The maximum absolute atomic E-state index is 12.0. The number of allylic oxidation sites excluding steroid dienone is 4. The van der Waals surface area contributed by atoms with Crippen LogP contribution in [0.3, 0.4) is 0 Å². The average Bonchev–Trinajstić information content (AvgIpc) is 3.83. The van der Waals surface area contributed by atoms with E-state index in [9.17, 15) is 38.4 Å². The maximum Gasteiger partial charge on any atom is 0.318 e. The first-order chi connectivity index (χ1) is 25.9. The Morgan fingerprint density at radius 1 is 0.655 bits per heavy atom. The summed E-state index contributed by atoms with van der Waals surface area (Å²) in [5.41, 5.74) is 0.866. The van der Waals surface area contributed by atoms with Crippen LogP contribution in [0.1, 0.15) is 116 Å². The molecule has 13 unspecified atom stereocenters. The molecule has 4 heterocycles. The van der Waals surface area contributed by atoms with Crippen molar-refractivity contribution in [1.82, 2.24) is 0 Å². The lowest BCUT2D eigenvalue weighted by Gasteiger charge is -2.54. The highest BCUT2D eigenvalue weighted by molar-refractivity contribution is 5.99. The van der Waals surface area contributed by atoms with E-state index < -0.39 is 0 Å². The summed E-state index contributed by atoms with van der Waals surface area (Å²) < 4.78 is 18.8. The van der Waals surface area contributed by atoms with E-state index in [0.717, 1.165) is 64.2 Å². The van der Waals surface area contributed by atoms with Crippen LogP contribution in [0.5, 0.6) is 0 Å². The van der Waals surface area contributed by atoms with Gasteiger partial charge in [0.2, 0.25) is 0 Å². The van der Waals surface area contributed by atoms with E-state index in [1.165, 1.54) is 5.57 Å². The van der Waals surface area contributed by atoms with Gasteiger partial charge in [-0.25, -0.2) is 0 Å². The third-order valence-corrected chi connectivity index (χ3v) is 14.6. The minimum Gasteiger partial charge on any atom is -0.393 e. The lowest BCUT2D eigenvalue weighted by atomic mass is 9.46. The van der Waals surface area contributed by atoms with E-state index >= 15 is 0 Å². The van der Waals surface area contributed by atoms with Crippen molar-refractivity contribution in [1.29, 1.82) is 0 Å². The largest absolute Gasteiger partial charge is 0.393 e. The maximum atomic E-state index is 12.0. The predicted octanol–water partition coefficient (Wildman–Crippen LogP) is 6.73. The monoisotopic (exact) mass is 768 g/mol. The molecule has 0 aromatic carbocycles. The molecule has 3 saturated carbocycles. The number of fused-ring (bicyclic) bond motifs is 4. The van der Waals surface area contributed by atoms with Crippen LogP contribution in [0.25, 0.3) is 0 Å². The van der Waals surface area contributed by atoms with Gasteiger partial charge in [0.1, 0.15) is 0 Å². The zero-order valence-electron chi connectivity index (χ0n) is 33.1. The molecule has 7 fully saturated rings. The van der Waals surface area contributed by atoms with Crippen molar-refractivity contribution in [2.75, 3.05) is 0 Å². The van der Waals surface area contributed by atoms with Gasteiger partial charge in [0.25, 0.3) is 0 Å². The number of cyclic esters (lactones) is 8. The minimum atomic E-state index is -0.330. The molecule has 0 amide bonds. The Morgan fingerprint density at radius 3 is 1.71 bits per heavy atom. The van der Waals surface area contributed by atoms with Crippen LogP contribution in [0, 0.1) is 81.8 Å². The van der Waals surface area contributed by atoms with Crippen molar-refractivity contribution in [3.63, 3.8) is 0 Å². The van der Waals surface area contributed by atoms with Crippen LogP contribution >= 0.6 is 0 Å². The SMILES string of the molecule is CC(C)C12C=CC(C)(CC1)C1C(=O)OC(=O)C12.CC1CCC2C(=O)OC(=O)C2C1.CCC1C=C(C)C(C)C2C(=O)OC(=O)C12.O=C1OC(=O)C2CCCCC12.[HH].[HH]. The normalized spacial score (nSPS) is 41.8. The molecule has 0 N–H and O–H groups in total. The molecule has 0 spiro atoms. The molecule has 0 aromatic rings. The minimum absolute atomic E-state index is 0. The Hall–Kier alpha value is -3.96. The van der Waals surface area contributed by atoms with Gasteiger partial charge in [0.15, 0.2) is 0 Å². The van der Waals surface area contributed by atoms with E-state index in [1.807, 2.05) is 20.8 Å². The van der Waals surface area contributed by atoms with Gasteiger partial charge in [-0.05, 0) is 87.4 Å². The zero-order valence-corrected chi connectivity index (χ0v) is 33.1. The number of carbonyl (C=O) groups excluding carboxylic acids is 8. The van der Waals surface area contributed by atoms with Crippen molar-refractivity contribution >= 4 is 47.8 Å². The molecule has 55 heavy (non-hydrogen) atoms. The topological polar surface area (TPSA) is 173 Å². The second-order valence-electron chi connectivity index (χ2n) is 18.0. The van der Waals surface area contributed by atoms with E-state index in [0.29, 0.717) is 11.8 Å². The van der Waals surface area contributed by atoms with Crippen LogP contribution in [-0.4, -0.2) is 47.8 Å². The standard InChI is InChI=1S/C14H18O3.C12H16O3.C9H12O3.C8H10O3.2H2/c1-8(2)14-6-4-13(3,5-7-14)9-10(14)12(16)17-11(9)15;1-4-8-5-6(2)7(3)9-10(8)12(14)15-11(9)13;1-5-2-3-6-7(4-5)9(11)12-8(6)10;9-7-5-3-1-2-4-6(5)8(10)11-7;;/h4,6,8-10H,5,7H2,1-3H3;5,7-10H,4H2,1-3H3;5-7H,2-4H2,1H3;5-6H,1-4H2;2*1H. The first-order valence-corrected chi connectivity index (χ1v) is 20.3. The summed E-state index contributed by atoms with van der Waals surface area (Å²) in [4.78, 5) is 91.2. The van der Waals surface area contributed by atoms with Crippen LogP contribution in [0.4, 0.5) is 0 Å². The van der Waals surface area contributed by atoms with Crippen molar-refractivity contribution in [3.8, 4) is 0 Å². The van der Waals surface area contributed by atoms with E-state index in [-0.39, 0.29) is 121 Å². The Bertz CT molecular complexity index is 1700. The quantitative estimate of drug-likeness (QED) is 0.126. The second-order valence-corrected chi connectivity index (χ2v) is 18.0. The molecule has 4 aliphatic heterocycles. The molecule has 0 radical (unpaired) electrons. The lowest BCUT2D eigenvalue weighted by Crippen LogP contribution is -2.53. The summed E-state index contributed by atoms with van der Waals surface area (Å²) >= 11 is 0. The van der Waals surface area contributed by atoms with Gasteiger partial charge in [-0.3, -0.25) is 38.4 Å². The molecule has 2 bridgehead atoms. The fourth-order valence-electron chi connectivity index (χ4n) is 10.9. The summed E-state index contributed by atoms with van der Waals surface area (Å²) in [6, 6.07) is 0. The molecule has 10 aliphatic rings. The van der Waals surface area contributed by atoms with Crippen LogP contribution in [0.2, 0.25) is 0 Å². The van der Waals surface area contributed by atoms with Crippen molar-refractivity contribution < 1.29 is 60.2 Å². The molecule has 0 aromatic heterocycles. The van der Waals surface area contributed by atoms with Gasteiger partial charge in [0.05, 0.1) is 47.3 Å². The van der Waals surface area contributed by atoms with Crippen molar-refractivity contribution in [2.45, 2.75) is 113 Å². The van der Waals surface area contributed by atoms with E-state index in [1.54, 1.807) is 0 Å². The van der Waals surface area contributed by atoms with Gasteiger partial charge in [0, 0.05) is 8.27 Å². The number of hydrogen-bond acceptors (Lipinski definition) is 12. The Kier molecular flexibility index (Phi) is 11.5. The summed E-state index contributed by atoms with van der Waals surface area (Å²) in [6.07, 6.45) is 15.8. The third kappa shape index (κ3) is 7.27. The predicted molar refractivity (Wildman–Crippen MR) is 198 cm³/mol. The van der Waals surface area contributed by atoms with E-state index in [2.05, 4.69) is 55.4 Å². The second kappa shape index (κ2) is 15.5. The molecule has 12 nitrogen and oxygen atoms in total. The van der Waals surface area contributed by atoms with Crippen LogP contribution in [0.15, 0.2) is 23.8 Å². The number of carbonyl (C=O) groups is 8.